The van der Waals surface area contributed by atoms with Gasteiger partial charge in [-0.05, 0) is 36.8 Å². The van der Waals surface area contributed by atoms with Gasteiger partial charge in [0.25, 0.3) is 0 Å². The maximum absolute atomic E-state index is 13.1. The van der Waals surface area contributed by atoms with Crippen LogP contribution >= 0.6 is 0 Å². The first kappa shape index (κ1) is 19.9. The fourth-order valence-electron chi connectivity index (χ4n) is 4.91. The van der Waals surface area contributed by atoms with Crippen LogP contribution in [-0.2, 0) is 11.3 Å². The second kappa shape index (κ2) is 8.17. The summed E-state index contributed by atoms with van der Waals surface area (Å²) in [4.78, 5) is 27.8. The van der Waals surface area contributed by atoms with Crippen molar-refractivity contribution in [3.8, 4) is 5.75 Å². The minimum absolute atomic E-state index is 0.00520. The lowest BCUT2D eigenvalue weighted by atomic mass is 9.75. The van der Waals surface area contributed by atoms with E-state index in [1.165, 1.54) is 25.7 Å². The van der Waals surface area contributed by atoms with E-state index in [1.54, 1.807) is 11.8 Å². The largest absolute Gasteiger partial charge is 0.497 e. The number of Topliss-reactive ketones (excluding diaryl/α,β-unsaturated/α-hetero) is 1. The van der Waals surface area contributed by atoms with Gasteiger partial charge in [-0.25, -0.2) is 0 Å². The van der Waals surface area contributed by atoms with Crippen LogP contribution in [-0.4, -0.2) is 46.6 Å². The molecule has 1 aromatic heterocycles. The van der Waals surface area contributed by atoms with E-state index >= 15 is 0 Å². The number of fused-ring (bicyclic) bond motifs is 2. The number of nitrogens with zero attached hydrogens (tertiary/aromatic N) is 3. The number of methoxy groups -OCH3 is 1. The van der Waals surface area contributed by atoms with Gasteiger partial charge in [-0.15, -0.1) is 0 Å². The van der Waals surface area contributed by atoms with Crippen molar-refractivity contribution in [2.75, 3.05) is 20.2 Å². The van der Waals surface area contributed by atoms with Gasteiger partial charge in [0.05, 0.1) is 12.6 Å². The Labute approximate surface area is 172 Å². The normalized spacial score (nSPS) is 22.0. The first-order chi connectivity index (χ1) is 14.0. The number of carbonyl (C=O) groups excluding carboxylic acids is 2. The number of benzene rings is 1. The van der Waals surface area contributed by atoms with E-state index in [-0.39, 0.29) is 24.2 Å². The SMILES string of the molecule is COc1ccc2c(C(=O)C(C)C)nn(CC(=O)N3CCC4CCCCC4C3)c2c1. The summed E-state index contributed by atoms with van der Waals surface area (Å²) in [6.07, 6.45) is 6.29. The summed E-state index contributed by atoms with van der Waals surface area (Å²) in [6, 6.07) is 5.56. The lowest BCUT2D eigenvalue weighted by Gasteiger charge is -2.41. The fourth-order valence-corrected chi connectivity index (χ4v) is 4.91. The summed E-state index contributed by atoms with van der Waals surface area (Å²) in [5, 5.41) is 5.35. The van der Waals surface area contributed by atoms with Crippen LogP contribution in [0.3, 0.4) is 0 Å². The summed E-state index contributed by atoms with van der Waals surface area (Å²) >= 11 is 0. The van der Waals surface area contributed by atoms with Gasteiger partial charge in [0.2, 0.25) is 5.91 Å². The molecule has 156 valence electrons. The van der Waals surface area contributed by atoms with E-state index in [4.69, 9.17) is 4.74 Å². The monoisotopic (exact) mass is 397 g/mol. The highest BCUT2D eigenvalue weighted by Crippen LogP contribution is 2.36. The second-order valence-electron chi connectivity index (χ2n) is 8.84. The Morgan fingerprint density at radius 1 is 1.17 bits per heavy atom. The molecular weight excluding hydrogens is 366 g/mol. The molecule has 2 aromatic rings. The third-order valence-corrected chi connectivity index (χ3v) is 6.65. The molecule has 0 bridgehead atoms. The Balaban J connectivity index is 1.59. The van der Waals surface area contributed by atoms with E-state index in [1.807, 2.05) is 36.9 Å². The Morgan fingerprint density at radius 2 is 1.93 bits per heavy atom. The molecule has 29 heavy (non-hydrogen) atoms. The number of carbonyl (C=O) groups is 2. The van der Waals surface area contributed by atoms with Crippen molar-refractivity contribution < 1.29 is 14.3 Å². The van der Waals surface area contributed by atoms with Gasteiger partial charge >= 0.3 is 0 Å². The van der Waals surface area contributed by atoms with Gasteiger partial charge in [0.1, 0.15) is 18.0 Å². The van der Waals surface area contributed by atoms with Crippen LogP contribution in [0.2, 0.25) is 0 Å². The minimum atomic E-state index is -0.148. The Morgan fingerprint density at radius 3 is 2.66 bits per heavy atom. The van der Waals surface area contributed by atoms with Gasteiger partial charge in [0, 0.05) is 30.5 Å². The molecule has 1 saturated carbocycles. The molecule has 6 heteroatoms. The Hall–Kier alpha value is -2.37. The lowest BCUT2D eigenvalue weighted by molar-refractivity contribution is -0.135. The Kier molecular flexibility index (Phi) is 5.61. The zero-order valence-electron chi connectivity index (χ0n) is 17.7. The van der Waals surface area contributed by atoms with Gasteiger partial charge in [-0.1, -0.05) is 33.1 Å². The third kappa shape index (κ3) is 3.89. The molecule has 2 heterocycles. The molecule has 1 saturated heterocycles. The summed E-state index contributed by atoms with van der Waals surface area (Å²) in [5.74, 6) is 2.06. The second-order valence-corrected chi connectivity index (χ2v) is 8.84. The van der Waals surface area contributed by atoms with Gasteiger partial charge in [-0.2, -0.15) is 5.10 Å². The standard InChI is InChI=1S/C23H31N3O3/c1-15(2)23(28)22-19-9-8-18(29-3)12-20(19)26(24-22)14-21(27)25-11-10-16-6-4-5-7-17(16)13-25/h8-9,12,15-17H,4-7,10-11,13-14H2,1-3H3. The Bertz CT molecular complexity index is 917. The molecule has 1 aromatic carbocycles. The van der Waals surface area contributed by atoms with Crippen LogP contribution in [0.1, 0.15) is 56.4 Å². The number of likely N-dealkylation sites (tertiary alicyclic amines) is 1. The highest BCUT2D eigenvalue weighted by atomic mass is 16.5. The number of rotatable bonds is 5. The zero-order valence-corrected chi connectivity index (χ0v) is 17.7. The molecule has 2 unspecified atom stereocenters. The molecule has 2 fully saturated rings. The van der Waals surface area contributed by atoms with Gasteiger partial charge in [-0.3, -0.25) is 14.3 Å². The van der Waals surface area contributed by atoms with E-state index < -0.39 is 0 Å². The first-order valence-electron chi connectivity index (χ1n) is 10.8. The summed E-state index contributed by atoms with van der Waals surface area (Å²) < 4.78 is 7.04. The quantitative estimate of drug-likeness (QED) is 0.717. The van der Waals surface area contributed by atoms with E-state index in [0.717, 1.165) is 36.3 Å². The maximum Gasteiger partial charge on any atom is 0.244 e. The number of ketones is 1. The molecule has 2 aliphatic rings. The summed E-state index contributed by atoms with van der Waals surface area (Å²) in [6.45, 7) is 5.60. The number of hydrogen-bond donors (Lipinski definition) is 0. The van der Waals surface area contributed by atoms with Gasteiger partial charge in [0.15, 0.2) is 5.78 Å². The smallest absolute Gasteiger partial charge is 0.244 e. The number of piperidine rings is 1. The first-order valence-corrected chi connectivity index (χ1v) is 10.8. The van der Waals surface area contributed by atoms with E-state index in [2.05, 4.69) is 5.10 Å². The predicted octanol–water partition coefficient (Wildman–Crippen LogP) is 3.92. The van der Waals surface area contributed by atoms with Crippen LogP contribution < -0.4 is 4.74 Å². The van der Waals surface area contributed by atoms with Crippen LogP contribution in [0.5, 0.6) is 5.75 Å². The molecule has 6 nitrogen and oxygen atoms in total. The molecule has 1 aliphatic carbocycles. The van der Waals surface area contributed by atoms with Gasteiger partial charge < -0.3 is 9.64 Å². The highest BCUT2D eigenvalue weighted by Gasteiger charge is 2.33. The predicted molar refractivity (Wildman–Crippen MR) is 112 cm³/mol. The molecule has 0 radical (unpaired) electrons. The summed E-state index contributed by atoms with van der Waals surface area (Å²) in [5.41, 5.74) is 1.21. The topological polar surface area (TPSA) is 64.4 Å². The number of aromatic nitrogens is 2. The van der Waals surface area contributed by atoms with Crippen molar-refractivity contribution in [2.45, 2.75) is 52.5 Å². The summed E-state index contributed by atoms with van der Waals surface area (Å²) in [7, 11) is 1.61. The van der Waals surface area contributed by atoms with Crippen molar-refractivity contribution in [3.63, 3.8) is 0 Å². The maximum atomic E-state index is 13.1. The highest BCUT2D eigenvalue weighted by molar-refractivity contribution is 6.07. The van der Waals surface area contributed by atoms with Crippen molar-refractivity contribution in [1.29, 1.82) is 0 Å². The minimum Gasteiger partial charge on any atom is -0.497 e. The average Bonchev–Trinajstić information content (AvgIpc) is 3.10. The average molecular weight is 398 g/mol. The molecule has 2 atom stereocenters. The molecule has 1 amide bonds. The number of ether oxygens (including phenoxy) is 1. The molecular formula is C23H31N3O3. The molecule has 1 aliphatic heterocycles. The van der Waals surface area contributed by atoms with Crippen LogP contribution in [0, 0.1) is 17.8 Å². The van der Waals surface area contributed by atoms with E-state index in [9.17, 15) is 9.59 Å². The van der Waals surface area contributed by atoms with Crippen molar-refractivity contribution in [3.05, 3.63) is 23.9 Å². The third-order valence-electron chi connectivity index (χ3n) is 6.65. The van der Waals surface area contributed by atoms with Crippen LogP contribution in [0.15, 0.2) is 18.2 Å². The van der Waals surface area contributed by atoms with Crippen LogP contribution in [0.25, 0.3) is 10.9 Å². The number of amides is 1. The zero-order chi connectivity index (χ0) is 20.5. The lowest BCUT2D eigenvalue weighted by Crippen LogP contribution is -2.45. The molecule has 0 spiro atoms. The fraction of sp³-hybridized carbons (Fsp3) is 0.609. The molecule has 4 rings (SSSR count). The van der Waals surface area contributed by atoms with Crippen LogP contribution in [0.4, 0.5) is 0 Å². The van der Waals surface area contributed by atoms with E-state index in [0.29, 0.717) is 17.4 Å². The molecule has 0 N–H and O–H groups in total. The van der Waals surface area contributed by atoms with Crippen molar-refractivity contribution in [2.24, 2.45) is 17.8 Å². The van der Waals surface area contributed by atoms with Crippen molar-refractivity contribution in [1.82, 2.24) is 14.7 Å². The number of hydrogen-bond acceptors (Lipinski definition) is 4. The van der Waals surface area contributed by atoms with Crippen molar-refractivity contribution >= 4 is 22.6 Å².